The monoisotopic (exact) mass is 283 g/mol. The zero-order valence-corrected chi connectivity index (χ0v) is 13.4. The molecule has 0 aliphatic heterocycles. The van der Waals surface area contributed by atoms with E-state index in [2.05, 4.69) is 63.3 Å². The van der Waals surface area contributed by atoms with E-state index >= 15 is 0 Å². The zero-order chi connectivity index (χ0) is 15.3. The van der Waals surface area contributed by atoms with Crippen LogP contribution in [0.15, 0.2) is 48.5 Å². The average Bonchev–Trinajstić information content (AvgIpc) is 2.43. The minimum absolute atomic E-state index is 0.0931. The van der Waals surface area contributed by atoms with Crippen molar-refractivity contribution < 1.29 is 4.74 Å². The third-order valence-electron chi connectivity index (χ3n) is 3.41. The summed E-state index contributed by atoms with van der Waals surface area (Å²) in [5.74, 6) is 0.998. The molecule has 0 radical (unpaired) electrons. The lowest BCUT2D eigenvalue weighted by atomic mass is 9.86. The van der Waals surface area contributed by atoms with E-state index < -0.39 is 0 Å². The molecule has 2 rings (SSSR count). The predicted octanol–water partition coefficient (Wildman–Crippen LogP) is 4.78. The first-order valence-corrected chi connectivity index (χ1v) is 7.50. The van der Waals surface area contributed by atoms with Crippen molar-refractivity contribution in [3.63, 3.8) is 0 Å². The van der Waals surface area contributed by atoms with Crippen molar-refractivity contribution in [2.75, 3.05) is 18.5 Å². The first-order valence-electron chi connectivity index (χ1n) is 7.50. The molecule has 2 aromatic rings. The Morgan fingerprint density at radius 1 is 1.00 bits per heavy atom. The summed E-state index contributed by atoms with van der Waals surface area (Å²) in [6.07, 6.45) is 0. The number of nitrogens with one attached hydrogen (secondary N) is 1. The van der Waals surface area contributed by atoms with Crippen LogP contribution in [0, 0.1) is 6.92 Å². The van der Waals surface area contributed by atoms with Crippen molar-refractivity contribution >= 4 is 5.69 Å². The molecule has 0 aliphatic rings. The molecule has 0 spiro atoms. The molecule has 0 bridgehead atoms. The maximum atomic E-state index is 6.00. The van der Waals surface area contributed by atoms with Crippen LogP contribution in [0.2, 0.25) is 0 Å². The normalized spacial score (nSPS) is 11.2. The van der Waals surface area contributed by atoms with Crippen molar-refractivity contribution in [1.82, 2.24) is 0 Å². The third-order valence-corrected chi connectivity index (χ3v) is 3.41. The summed E-state index contributed by atoms with van der Waals surface area (Å²) in [5.41, 5.74) is 3.71. The number of ether oxygens (including phenoxy) is 1. The molecule has 0 saturated heterocycles. The Balaban J connectivity index is 1.95. The third kappa shape index (κ3) is 4.52. The van der Waals surface area contributed by atoms with Crippen molar-refractivity contribution in [2.45, 2.75) is 33.1 Å². The van der Waals surface area contributed by atoms with Gasteiger partial charge in [-0.1, -0.05) is 51.1 Å². The highest BCUT2D eigenvalue weighted by Crippen LogP contribution is 2.31. The summed E-state index contributed by atoms with van der Waals surface area (Å²) < 4.78 is 6.00. The van der Waals surface area contributed by atoms with Crippen LogP contribution in [0.4, 0.5) is 5.69 Å². The van der Waals surface area contributed by atoms with Crippen LogP contribution in [-0.2, 0) is 5.41 Å². The van der Waals surface area contributed by atoms with E-state index in [-0.39, 0.29) is 5.41 Å². The quantitative estimate of drug-likeness (QED) is 0.797. The van der Waals surface area contributed by atoms with Crippen LogP contribution in [0.25, 0.3) is 0 Å². The molecular weight excluding hydrogens is 258 g/mol. The lowest BCUT2D eigenvalue weighted by Gasteiger charge is -2.23. The molecule has 0 unspecified atom stereocenters. The molecular formula is C19H25NO. The van der Waals surface area contributed by atoms with Gasteiger partial charge in [-0.25, -0.2) is 0 Å². The minimum Gasteiger partial charge on any atom is -0.491 e. The van der Waals surface area contributed by atoms with Gasteiger partial charge in [-0.2, -0.15) is 0 Å². The molecule has 1 N–H and O–H groups in total. The Morgan fingerprint density at radius 2 is 1.71 bits per heavy atom. The first kappa shape index (κ1) is 15.4. The van der Waals surface area contributed by atoms with Gasteiger partial charge in [0.2, 0.25) is 0 Å². The highest BCUT2D eigenvalue weighted by Gasteiger charge is 2.18. The molecule has 2 heteroatoms. The molecule has 0 aliphatic carbocycles. The van der Waals surface area contributed by atoms with Crippen molar-refractivity contribution in [2.24, 2.45) is 0 Å². The number of benzene rings is 2. The van der Waals surface area contributed by atoms with E-state index in [1.165, 1.54) is 11.1 Å². The van der Waals surface area contributed by atoms with E-state index in [1.54, 1.807) is 0 Å². The summed E-state index contributed by atoms with van der Waals surface area (Å²) in [7, 11) is 0. The molecule has 0 saturated carbocycles. The predicted molar refractivity (Wildman–Crippen MR) is 90.3 cm³/mol. The lowest BCUT2D eigenvalue weighted by Crippen LogP contribution is -2.16. The van der Waals surface area contributed by atoms with Crippen LogP contribution in [0.3, 0.4) is 0 Å². The van der Waals surface area contributed by atoms with Gasteiger partial charge < -0.3 is 10.1 Å². The Labute approximate surface area is 128 Å². The molecule has 0 amide bonds. The number of hydrogen-bond donors (Lipinski definition) is 1. The van der Waals surface area contributed by atoms with Crippen molar-refractivity contribution in [3.05, 3.63) is 59.7 Å². The highest BCUT2D eigenvalue weighted by molar-refractivity contribution is 5.43. The maximum Gasteiger partial charge on any atom is 0.123 e. The van der Waals surface area contributed by atoms with E-state index in [0.29, 0.717) is 6.61 Å². The molecule has 21 heavy (non-hydrogen) atoms. The van der Waals surface area contributed by atoms with E-state index in [0.717, 1.165) is 18.0 Å². The number of aryl methyl sites for hydroxylation is 1. The summed E-state index contributed by atoms with van der Waals surface area (Å²) in [4.78, 5) is 0. The van der Waals surface area contributed by atoms with Gasteiger partial charge in [0, 0.05) is 12.2 Å². The van der Waals surface area contributed by atoms with Gasteiger partial charge in [-0.15, -0.1) is 0 Å². The van der Waals surface area contributed by atoms with Gasteiger partial charge in [0.1, 0.15) is 12.4 Å². The fourth-order valence-electron chi connectivity index (χ4n) is 2.28. The zero-order valence-electron chi connectivity index (χ0n) is 13.4. The Morgan fingerprint density at radius 3 is 2.38 bits per heavy atom. The van der Waals surface area contributed by atoms with E-state index in [9.17, 15) is 0 Å². The average molecular weight is 283 g/mol. The molecule has 0 aromatic heterocycles. The topological polar surface area (TPSA) is 21.3 Å². The second-order valence-corrected chi connectivity index (χ2v) is 6.39. The molecule has 0 heterocycles. The van der Waals surface area contributed by atoms with E-state index in [1.807, 2.05) is 18.2 Å². The summed E-state index contributed by atoms with van der Waals surface area (Å²) >= 11 is 0. The number of hydrogen-bond acceptors (Lipinski definition) is 2. The highest BCUT2D eigenvalue weighted by atomic mass is 16.5. The summed E-state index contributed by atoms with van der Waals surface area (Å²) in [6.45, 7) is 10.2. The van der Waals surface area contributed by atoms with Crippen molar-refractivity contribution in [3.8, 4) is 5.75 Å². The molecule has 2 nitrogen and oxygen atoms in total. The van der Waals surface area contributed by atoms with E-state index in [4.69, 9.17) is 4.74 Å². The smallest absolute Gasteiger partial charge is 0.123 e. The Kier molecular flexibility index (Phi) is 4.89. The largest absolute Gasteiger partial charge is 0.491 e. The first-order chi connectivity index (χ1) is 9.97. The van der Waals surface area contributed by atoms with Gasteiger partial charge in [0.15, 0.2) is 0 Å². The minimum atomic E-state index is 0.0931. The van der Waals surface area contributed by atoms with Gasteiger partial charge >= 0.3 is 0 Å². The number of rotatable bonds is 5. The van der Waals surface area contributed by atoms with Crippen LogP contribution >= 0.6 is 0 Å². The molecule has 0 atom stereocenters. The lowest BCUT2D eigenvalue weighted by molar-refractivity contribution is 0.323. The van der Waals surface area contributed by atoms with Crippen molar-refractivity contribution in [1.29, 1.82) is 0 Å². The van der Waals surface area contributed by atoms with Gasteiger partial charge in [-0.05, 0) is 41.7 Å². The van der Waals surface area contributed by atoms with Gasteiger partial charge in [-0.3, -0.25) is 0 Å². The SMILES string of the molecule is Cc1ccc(C(C)(C)C)c(OCCNc2ccccc2)c1. The van der Waals surface area contributed by atoms with Crippen LogP contribution in [0.1, 0.15) is 31.9 Å². The van der Waals surface area contributed by atoms with Gasteiger partial charge in [0.05, 0.1) is 0 Å². The standard InChI is InChI=1S/C19H25NO/c1-15-10-11-17(19(2,3)4)18(14-15)21-13-12-20-16-8-6-5-7-9-16/h5-11,14,20H,12-13H2,1-4H3. The van der Waals surface area contributed by atoms with Crippen LogP contribution in [0.5, 0.6) is 5.75 Å². The fraction of sp³-hybridized carbons (Fsp3) is 0.368. The number of para-hydroxylation sites is 1. The van der Waals surface area contributed by atoms with Crippen LogP contribution in [-0.4, -0.2) is 13.2 Å². The molecule has 2 aromatic carbocycles. The Hall–Kier alpha value is -1.96. The molecule has 112 valence electrons. The second-order valence-electron chi connectivity index (χ2n) is 6.39. The van der Waals surface area contributed by atoms with Gasteiger partial charge in [0.25, 0.3) is 0 Å². The second kappa shape index (κ2) is 6.66. The maximum absolute atomic E-state index is 6.00. The summed E-state index contributed by atoms with van der Waals surface area (Å²) in [6, 6.07) is 16.7. The van der Waals surface area contributed by atoms with Crippen LogP contribution < -0.4 is 10.1 Å². The Bertz CT molecular complexity index is 570. The fourth-order valence-corrected chi connectivity index (χ4v) is 2.28. The molecule has 0 fully saturated rings. The number of anilines is 1. The summed E-state index contributed by atoms with van der Waals surface area (Å²) in [5, 5.41) is 3.36.